The van der Waals surface area contributed by atoms with Crippen LogP contribution in [-0.4, -0.2) is 25.7 Å². The summed E-state index contributed by atoms with van der Waals surface area (Å²) in [5.41, 5.74) is 1.21. The molecular formula is C32H50ClIN2O3. The molecule has 0 aliphatic rings. The molecule has 0 saturated heterocycles. The van der Waals surface area contributed by atoms with E-state index in [1.807, 2.05) is 24.3 Å². The molecule has 39 heavy (non-hydrogen) atoms. The number of rotatable bonds is 22. The predicted octanol–water partition coefficient (Wildman–Crippen LogP) is 4.86. The fourth-order valence-electron chi connectivity index (χ4n) is 4.56. The number of halogens is 2. The van der Waals surface area contributed by atoms with Crippen LogP contribution in [0.15, 0.2) is 42.6 Å². The molecule has 1 amide bonds. The third-order valence-electron chi connectivity index (χ3n) is 6.74. The van der Waals surface area contributed by atoms with Gasteiger partial charge in [0.25, 0.3) is 5.91 Å². The van der Waals surface area contributed by atoms with Crippen molar-refractivity contribution in [1.82, 2.24) is 5.32 Å². The summed E-state index contributed by atoms with van der Waals surface area (Å²) in [6.45, 7) is 6.53. The molecule has 220 valence electrons. The summed E-state index contributed by atoms with van der Waals surface area (Å²) in [7, 11) is 0. The maximum absolute atomic E-state index is 12.3. The van der Waals surface area contributed by atoms with Crippen molar-refractivity contribution in [3.8, 4) is 11.5 Å². The smallest absolute Gasteiger partial charge is 0.257 e. The Kier molecular flexibility index (Phi) is 21.1. The molecule has 0 aliphatic carbocycles. The summed E-state index contributed by atoms with van der Waals surface area (Å²) in [6.07, 6.45) is 19.7. The number of pyridine rings is 1. The van der Waals surface area contributed by atoms with Crippen molar-refractivity contribution in [2.75, 3.05) is 19.8 Å². The van der Waals surface area contributed by atoms with Gasteiger partial charge in [0, 0.05) is 31.5 Å². The molecule has 0 unspecified atom stereocenters. The quantitative estimate of drug-likeness (QED) is 0.111. The molecule has 1 N–H and O–H groups in total. The topological polar surface area (TPSA) is 51.4 Å². The molecule has 0 atom stereocenters. The molecule has 2 rings (SSSR count). The first-order chi connectivity index (χ1) is 18.7. The van der Waals surface area contributed by atoms with Crippen LogP contribution in [0.4, 0.5) is 0 Å². The van der Waals surface area contributed by atoms with Gasteiger partial charge in [-0.2, -0.15) is 0 Å². The van der Waals surface area contributed by atoms with Crippen LogP contribution in [0.5, 0.6) is 11.5 Å². The highest BCUT2D eigenvalue weighted by molar-refractivity contribution is 6.33. The minimum Gasteiger partial charge on any atom is -1.00 e. The fourth-order valence-corrected chi connectivity index (χ4v) is 4.80. The molecule has 0 radical (unpaired) electrons. The lowest BCUT2D eigenvalue weighted by Crippen LogP contribution is -3.00. The van der Waals surface area contributed by atoms with Gasteiger partial charge in [0.15, 0.2) is 18.5 Å². The number of ether oxygens (including phenoxy) is 2. The standard InChI is InChI=1S/C32H49ClN2O3.HI/c1-3-5-6-7-8-9-10-11-12-13-14-17-26-37-29-20-18-21-30(32(29)33)38-27-31(36)34-23-22-28-19-15-16-25-35(28)24-4-2;/h15-16,18-21,25H,3-14,17,22-24,26-27H2,1-2H3;1H. The van der Waals surface area contributed by atoms with Gasteiger partial charge in [0.05, 0.1) is 6.61 Å². The molecule has 7 heteroatoms. The van der Waals surface area contributed by atoms with Crippen LogP contribution in [0.1, 0.15) is 103 Å². The van der Waals surface area contributed by atoms with Crippen LogP contribution in [0.3, 0.4) is 0 Å². The second kappa shape index (κ2) is 23.2. The van der Waals surface area contributed by atoms with Gasteiger partial charge in [-0.25, -0.2) is 4.57 Å². The lowest BCUT2D eigenvalue weighted by molar-refractivity contribution is -0.704. The first-order valence-electron chi connectivity index (χ1n) is 14.9. The number of carbonyl (C=O) groups is 1. The number of nitrogens with one attached hydrogen (secondary N) is 1. The van der Waals surface area contributed by atoms with E-state index < -0.39 is 0 Å². The van der Waals surface area contributed by atoms with Gasteiger partial charge < -0.3 is 38.8 Å². The Bertz CT molecular complexity index is 913. The van der Waals surface area contributed by atoms with Crippen molar-refractivity contribution in [2.45, 2.75) is 110 Å². The number of unbranched alkanes of at least 4 members (excludes halogenated alkanes) is 11. The van der Waals surface area contributed by atoms with Crippen molar-refractivity contribution in [2.24, 2.45) is 0 Å². The van der Waals surface area contributed by atoms with Crippen LogP contribution in [0.25, 0.3) is 0 Å². The molecule has 1 aromatic carbocycles. The Labute approximate surface area is 259 Å². The number of aryl methyl sites for hydroxylation is 1. The van der Waals surface area contributed by atoms with Crippen molar-refractivity contribution in [3.63, 3.8) is 0 Å². The van der Waals surface area contributed by atoms with E-state index >= 15 is 0 Å². The van der Waals surface area contributed by atoms with E-state index in [1.54, 1.807) is 6.07 Å². The SMILES string of the molecule is CCCCCCCCCCCCCCOc1cccc(OCC(=O)NCCc2cccc[n+]2CCC)c1Cl.[I-]. The van der Waals surface area contributed by atoms with E-state index in [1.165, 1.54) is 76.3 Å². The molecule has 0 saturated carbocycles. The van der Waals surface area contributed by atoms with Crippen molar-refractivity contribution < 1.29 is 42.8 Å². The molecule has 2 aromatic rings. The first-order valence-corrected chi connectivity index (χ1v) is 15.3. The van der Waals surface area contributed by atoms with Gasteiger partial charge in [-0.3, -0.25) is 4.79 Å². The molecule has 0 aliphatic heterocycles. The van der Waals surface area contributed by atoms with E-state index in [2.05, 4.69) is 36.0 Å². The molecule has 0 fully saturated rings. The van der Waals surface area contributed by atoms with Crippen molar-refractivity contribution in [3.05, 3.63) is 53.3 Å². The number of hydrogen-bond acceptors (Lipinski definition) is 3. The Hall–Kier alpha value is -1.54. The van der Waals surface area contributed by atoms with Gasteiger partial charge in [0.1, 0.15) is 23.1 Å². The fraction of sp³-hybridized carbons (Fsp3) is 0.625. The summed E-state index contributed by atoms with van der Waals surface area (Å²) in [5.74, 6) is 0.914. The summed E-state index contributed by atoms with van der Waals surface area (Å²) >= 11 is 6.49. The molecule has 1 heterocycles. The highest BCUT2D eigenvalue weighted by Gasteiger charge is 2.12. The summed E-state index contributed by atoms with van der Waals surface area (Å²) < 4.78 is 13.8. The van der Waals surface area contributed by atoms with Crippen LogP contribution in [0.2, 0.25) is 5.02 Å². The average molecular weight is 673 g/mol. The van der Waals surface area contributed by atoms with Gasteiger partial charge in [-0.05, 0) is 18.6 Å². The Balaban J connectivity index is 0.00000760. The third-order valence-corrected chi connectivity index (χ3v) is 7.12. The van der Waals surface area contributed by atoms with E-state index in [-0.39, 0.29) is 36.5 Å². The number of hydrogen-bond donors (Lipinski definition) is 1. The summed E-state index contributed by atoms with van der Waals surface area (Å²) in [4.78, 5) is 12.3. The Morgan fingerprint density at radius 3 is 2.05 bits per heavy atom. The maximum Gasteiger partial charge on any atom is 0.257 e. The highest BCUT2D eigenvalue weighted by atomic mass is 127. The van der Waals surface area contributed by atoms with Crippen LogP contribution in [-0.2, 0) is 17.8 Å². The number of carbonyl (C=O) groups excluding carboxylic acids is 1. The van der Waals surface area contributed by atoms with Crippen LogP contribution in [0, 0.1) is 0 Å². The minimum atomic E-state index is -0.165. The zero-order chi connectivity index (χ0) is 27.3. The lowest BCUT2D eigenvalue weighted by atomic mass is 10.1. The van der Waals surface area contributed by atoms with Crippen LogP contribution < -0.4 is 43.3 Å². The van der Waals surface area contributed by atoms with Gasteiger partial charge in [-0.1, -0.05) is 108 Å². The van der Waals surface area contributed by atoms with E-state index in [0.717, 1.165) is 25.8 Å². The number of nitrogens with zero attached hydrogens (tertiary/aromatic N) is 1. The van der Waals surface area contributed by atoms with E-state index in [4.69, 9.17) is 21.1 Å². The van der Waals surface area contributed by atoms with E-state index in [9.17, 15) is 4.79 Å². The first kappa shape index (κ1) is 35.5. The molecule has 0 bridgehead atoms. The van der Waals surface area contributed by atoms with E-state index in [0.29, 0.717) is 29.7 Å². The largest absolute Gasteiger partial charge is 1.00 e. The van der Waals surface area contributed by atoms with Gasteiger partial charge in [-0.15, -0.1) is 0 Å². The highest BCUT2D eigenvalue weighted by Crippen LogP contribution is 2.34. The molecule has 5 nitrogen and oxygen atoms in total. The number of amides is 1. The minimum absolute atomic E-state index is 0. The predicted molar refractivity (Wildman–Crippen MR) is 157 cm³/mol. The zero-order valence-electron chi connectivity index (χ0n) is 24.2. The molecule has 1 aromatic heterocycles. The van der Waals surface area contributed by atoms with Crippen molar-refractivity contribution >= 4 is 17.5 Å². The second-order valence-electron chi connectivity index (χ2n) is 10.1. The summed E-state index contributed by atoms with van der Waals surface area (Å²) in [6, 6.07) is 11.6. The zero-order valence-corrected chi connectivity index (χ0v) is 27.1. The van der Waals surface area contributed by atoms with Crippen LogP contribution >= 0.6 is 11.6 Å². The normalized spacial score (nSPS) is 10.6. The van der Waals surface area contributed by atoms with Gasteiger partial charge in [0.2, 0.25) is 0 Å². The Morgan fingerprint density at radius 2 is 1.41 bits per heavy atom. The maximum atomic E-state index is 12.3. The Morgan fingerprint density at radius 1 is 0.795 bits per heavy atom. The number of benzene rings is 1. The third kappa shape index (κ3) is 15.7. The average Bonchev–Trinajstić information content (AvgIpc) is 2.92. The second-order valence-corrected chi connectivity index (χ2v) is 10.5. The summed E-state index contributed by atoms with van der Waals surface area (Å²) in [5, 5.41) is 3.35. The monoisotopic (exact) mass is 672 g/mol. The molecule has 0 spiro atoms. The van der Waals surface area contributed by atoms with Gasteiger partial charge >= 0.3 is 0 Å². The van der Waals surface area contributed by atoms with Crippen molar-refractivity contribution in [1.29, 1.82) is 0 Å². The molecular weight excluding hydrogens is 623 g/mol. The lowest BCUT2D eigenvalue weighted by Gasteiger charge is -2.12. The number of aromatic nitrogens is 1.